The number of thiocarbonyl (C=S) groups is 1. The number of hydrogen-bond donors (Lipinski definition) is 1. The van der Waals surface area contributed by atoms with E-state index in [2.05, 4.69) is 76.5 Å². The molecule has 3 heterocycles. The van der Waals surface area contributed by atoms with Crippen LogP contribution in [0.4, 0.5) is 5.82 Å². The van der Waals surface area contributed by atoms with Gasteiger partial charge in [-0.3, -0.25) is 9.36 Å². The Labute approximate surface area is 564 Å². The van der Waals surface area contributed by atoms with Crippen LogP contribution >= 0.6 is 20.7 Å². The van der Waals surface area contributed by atoms with Gasteiger partial charge in [0, 0.05) is 74.8 Å². The molecule has 2 saturated heterocycles. The van der Waals surface area contributed by atoms with Crippen LogP contribution in [0.3, 0.4) is 0 Å². The number of benzene rings is 6. The summed E-state index contributed by atoms with van der Waals surface area (Å²) in [5.41, 5.74) is 3.65. The molecule has 0 aliphatic carbocycles. The summed E-state index contributed by atoms with van der Waals surface area (Å²) in [6, 6.07) is 55.4. The van der Waals surface area contributed by atoms with Gasteiger partial charge >= 0.3 is 5.69 Å². The van der Waals surface area contributed by atoms with Gasteiger partial charge in [-0.15, -0.1) is 0 Å². The molecule has 23 heteroatoms. The van der Waals surface area contributed by atoms with Gasteiger partial charge in [0.2, 0.25) is 5.91 Å². The molecule has 0 saturated carbocycles. The van der Waals surface area contributed by atoms with E-state index < -0.39 is 60.1 Å². The molecule has 0 bridgehead atoms. The van der Waals surface area contributed by atoms with Gasteiger partial charge < -0.3 is 52.4 Å². The fourth-order valence-electron chi connectivity index (χ4n) is 11.1. The zero-order chi connectivity index (χ0) is 64.6. The second kappa shape index (κ2) is 33.2. The molecule has 2 aliphatic heterocycles. The van der Waals surface area contributed by atoms with Crippen LogP contribution in [0.1, 0.15) is 87.6 Å². The van der Waals surface area contributed by atoms with Crippen molar-refractivity contribution in [2.75, 3.05) is 71.6 Å². The molecule has 480 valence electrons. The number of amides is 1. The Morgan fingerprint density at radius 2 is 1.15 bits per heavy atom. The van der Waals surface area contributed by atoms with Crippen molar-refractivity contribution in [3.8, 4) is 29.1 Å². The van der Waals surface area contributed by atoms with Gasteiger partial charge in [0.25, 0.3) is 13.7 Å². The van der Waals surface area contributed by atoms with Crippen molar-refractivity contribution in [1.82, 2.24) is 19.1 Å². The van der Waals surface area contributed by atoms with E-state index in [1.165, 1.54) is 40.4 Å². The number of nitrogens with one attached hydrogen (secondary N) is 1. The molecular formula is C68H79N6O13PS2U. The monoisotopic (exact) mass is 1520 g/mol. The minimum atomic E-state index is -3.28. The normalized spacial score (nSPS) is 17.4. The number of sulfone groups is 1. The van der Waals surface area contributed by atoms with Crippen molar-refractivity contribution in [3.63, 3.8) is 0 Å². The third-order valence-electron chi connectivity index (χ3n) is 15.7. The minimum Gasteiger partial charge on any atom is -0.497 e. The predicted octanol–water partition coefficient (Wildman–Crippen LogP) is 11.2. The number of ether oxygens (including phenoxy) is 7. The molecule has 2 aliphatic rings. The van der Waals surface area contributed by atoms with E-state index in [0.717, 1.165) is 28.2 Å². The number of hydrogen-bond acceptors (Lipinski definition) is 17. The fourth-order valence-corrected chi connectivity index (χ4v) is 14.3. The molecule has 6 aromatic carbocycles. The smallest absolute Gasteiger partial charge is 0.351 e. The molecule has 2 unspecified atom stereocenters. The topological polar surface area (TPSA) is 211 Å². The van der Waals surface area contributed by atoms with E-state index in [4.69, 9.17) is 54.4 Å². The van der Waals surface area contributed by atoms with Crippen LogP contribution in [0.2, 0.25) is 0 Å². The number of rotatable bonds is 24. The van der Waals surface area contributed by atoms with Crippen molar-refractivity contribution < 1.29 is 86.5 Å². The molecule has 9 rings (SSSR count). The Kier molecular flexibility index (Phi) is 26.2. The van der Waals surface area contributed by atoms with Gasteiger partial charge in [-0.1, -0.05) is 109 Å². The summed E-state index contributed by atoms with van der Waals surface area (Å²) < 4.78 is 84.5. The zero-order valence-corrected chi connectivity index (χ0v) is 59.6. The van der Waals surface area contributed by atoms with Crippen molar-refractivity contribution in [1.29, 1.82) is 5.26 Å². The molecule has 1 amide bonds. The second-order valence-electron chi connectivity index (χ2n) is 22.1. The standard InChI is InChI=1S/C46H57N6O11PS2.C22H22O2.U/c1-31(2)52(32(3)4)64(60-27-11-23-47)63-41-39(30-59-46(34-12-9-8-10-13-34,35-14-18-37(57-6)19-15-35)36-16-20-38(58-7)21-17-36)61-43(51-24-22-40(48-33(5)53)49-44(51)54)42(41)62-45(65)50-25-28-66(55,56)29-26-50;1-22(17-7-5-4-6-8-17,18-9-13-20(23-2)14-10-18)19-11-15-21(24-3)16-12-19;/h8-10,12-22,24,31-32,39,41-43H,11,25-30H2,1-7H3,(H,48,49,53,54);4-16H,1-3H3;/t39-,41?,42+,43-,64?;;/m1../s1. The molecule has 1 N–H and O–H groups in total. The molecule has 0 spiro atoms. The SMILES string of the molecule is COc1ccc(C(C)(c2ccccc2)c2ccc(OC)cc2)cc1.COc1ccc(C(OC[C@H]2O[C@@H](n3ccc(NC(C)=O)nc3=O)[C@@H](OC(=S)N3CCS(=O)(=O)CC3)C2OP(OCCC#N)N(C(C)C)C(C)C)(c2ccccc2)c2ccc(OC)cc2)cc1.[U]. The Morgan fingerprint density at radius 3 is 1.58 bits per heavy atom. The van der Waals surface area contributed by atoms with E-state index >= 15 is 0 Å². The van der Waals surface area contributed by atoms with Crippen LogP contribution in [-0.4, -0.2) is 135 Å². The van der Waals surface area contributed by atoms with E-state index in [1.807, 2.05) is 137 Å². The van der Waals surface area contributed by atoms with E-state index in [-0.39, 0.29) is 104 Å². The molecule has 7 aromatic rings. The average Bonchev–Trinajstić information content (AvgIpc) is 1.67. The van der Waals surface area contributed by atoms with Crippen LogP contribution in [0.25, 0.3) is 0 Å². The van der Waals surface area contributed by atoms with Gasteiger partial charge in [0.15, 0.2) is 22.2 Å². The summed E-state index contributed by atoms with van der Waals surface area (Å²) in [6.45, 7) is 11.6. The average molecular weight is 1520 g/mol. The molecule has 2 fully saturated rings. The predicted molar refractivity (Wildman–Crippen MR) is 351 cm³/mol. The zero-order valence-electron chi connectivity index (χ0n) is 52.9. The van der Waals surface area contributed by atoms with Crippen LogP contribution < -0.4 is 30.0 Å². The van der Waals surface area contributed by atoms with Gasteiger partial charge in [-0.25, -0.2) is 17.9 Å². The van der Waals surface area contributed by atoms with E-state index in [1.54, 1.807) is 33.3 Å². The Balaban J connectivity index is 0.000000391. The molecule has 5 atom stereocenters. The van der Waals surface area contributed by atoms with Crippen molar-refractivity contribution >= 4 is 47.5 Å². The van der Waals surface area contributed by atoms with E-state index in [9.17, 15) is 23.3 Å². The van der Waals surface area contributed by atoms with Gasteiger partial charge in [-0.05, 0) is 135 Å². The number of aromatic nitrogens is 2. The summed E-state index contributed by atoms with van der Waals surface area (Å²) in [4.78, 5) is 31.7. The summed E-state index contributed by atoms with van der Waals surface area (Å²) >= 11 is 5.89. The maximum absolute atomic E-state index is 14.0. The first-order valence-corrected chi connectivity index (χ1v) is 32.9. The van der Waals surface area contributed by atoms with Gasteiger partial charge in [-0.2, -0.15) is 10.2 Å². The number of methoxy groups -OCH3 is 4. The minimum absolute atomic E-state index is 0. The maximum Gasteiger partial charge on any atom is 0.351 e. The van der Waals surface area contributed by atoms with Gasteiger partial charge in [0.05, 0.1) is 65.6 Å². The van der Waals surface area contributed by atoms with Crippen molar-refractivity contribution in [2.24, 2.45) is 0 Å². The summed E-state index contributed by atoms with van der Waals surface area (Å²) in [6.07, 6.45) is -3.07. The van der Waals surface area contributed by atoms with Gasteiger partial charge in [0.1, 0.15) is 46.6 Å². The quantitative estimate of drug-likeness (QED) is 0.0258. The molecular weight excluding hydrogens is 1440 g/mol. The first-order valence-electron chi connectivity index (χ1n) is 29.5. The second-order valence-corrected chi connectivity index (χ2v) is 26.2. The van der Waals surface area contributed by atoms with Crippen LogP contribution in [0.15, 0.2) is 175 Å². The third-order valence-corrected chi connectivity index (χ3v) is 19.8. The van der Waals surface area contributed by atoms with Crippen LogP contribution in [0, 0.1) is 42.4 Å². The van der Waals surface area contributed by atoms with E-state index in [0.29, 0.717) is 11.5 Å². The summed E-state index contributed by atoms with van der Waals surface area (Å²) in [5, 5.41) is 12.1. The molecule has 19 nitrogen and oxygen atoms in total. The molecule has 0 radical (unpaired) electrons. The Morgan fingerprint density at radius 1 is 0.714 bits per heavy atom. The molecule has 1 aromatic heterocycles. The largest absolute Gasteiger partial charge is 0.497 e. The maximum atomic E-state index is 14.0. The van der Waals surface area contributed by atoms with Crippen molar-refractivity contribution in [2.45, 2.75) is 95.6 Å². The summed E-state index contributed by atoms with van der Waals surface area (Å²) in [5.74, 6) is 2.37. The number of carbonyl (C=O) groups excluding carboxylic acids is 1. The Bertz CT molecular complexity index is 3570. The molecule has 91 heavy (non-hydrogen) atoms. The number of nitrogens with zero attached hydrogens (tertiary/aromatic N) is 5. The van der Waals surface area contributed by atoms with Crippen molar-refractivity contribution in [3.05, 3.63) is 214 Å². The van der Waals surface area contributed by atoms with Crippen LogP contribution in [-0.2, 0) is 48.9 Å². The third kappa shape index (κ3) is 17.5. The number of carbonyl (C=O) groups is 1. The fraction of sp³-hybridized carbons (Fsp3) is 0.368. The first kappa shape index (κ1) is 71.7. The summed E-state index contributed by atoms with van der Waals surface area (Å²) in [7, 11) is 1.31. The number of nitriles is 1. The van der Waals surface area contributed by atoms with Crippen LogP contribution in [0.5, 0.6) is 23.0 Å². The Hall–Kier alpha value is -6.72. The first-order chi connectivity index (χ1) is 43.3. The number of anilines is 1.